The Labute approximate surface area is 175 Å². The van der Waals surface area contributed by atoms with Crippen LogP contribution in [0.5, 0.6) is 11.5 Å². The van der Waals surface area contributed by atoms with Crippen molar-refractivity contribution in [1.82, 2.24) is 9.97 Å². The summed E-state index contributed by atoms with van der Waals surface area (Å²) in [5.41, 5.74) is 6.02. The van der Waals surface area contributed by atoms with Crippen molar-refractivity contribution >= 4 is 28.9 Å². The first kappa shape index (κ1) is 19.9. The molecule has 1 saturated heterocycles. The Balaban J connectivity index is 1.74. The van der Waals surface area contributed by atoms with E-state index in [0.717, 1.165) is 29.6 Å². The van der Waals surface area contributed by atoms with Crippen LogP contribution in [0.25, 0.3) is 10.9 Å². The minimum atomic E-state index is 0.603. The van der Waals surface area contributed by atoms with Crippen LogP contribution in [-0.2, 0) is 4.74 Å². The number of hydrogen-bond donors (Lipinski definition) is 1. The number of rotatable bonds is 6. The maximum atomic E-state index is 5.46. The van der Waals surface area contributed by atoms with E-state index in [0.29, 0.717) is 36.5 Å². The number of hydrazone groups is 1. The average molecular weight is 407 g/mol. The highest BCUT2D eigenvalue weighted by atomic mass is 16.5. The van der Waals surface area contributed by atoms with E-state index >= 15 is 0 Å². The Hall–Kier alpha value is -3.39. The molecule has 0 spiro atoms. The van der Waals surface area contributed by atoms with Gasteiger partial charge in [-0.2, -0.15) is 10.1 Å². The molecule has 0 amide bonds. The minimum Gasteiger partial charge on any atom is -0.493 e. The zero-order valence-corrected chi connectivity index (χ0v) is 17.4. The monoisotopic (exact) mass is 407 g/mol. The topological polar surface area (TPSA) is 81.1 Å². The molecule has 0 aliphatic carbocycles. The van der Waals surface area contributed by atoms with Gasteiger partial charge in [-0.3, -0.25) is 5.43 Å². The van der Waals surface area contributed by atoms with Crippen molar-refractivity contribution in [3.8, 4) is 11.5 Å². The van der Waals surface area contributed by atoms with E-state index < -0.39 is 0 Å². The molecule has 8 nitrogen and oxygen atoms in total. The first-order valence-electron chi connectivity index (χ1n) is 9.80. The lowest BCUT2D eigenvalue weighted by Gasteiger charge is -2.27. The Kier molecular flexibility index (Phi) is 5.94. The molecule has 30 heavy (non-hydrogen) atoms. The van der Waals surface area contributed by atoms with E-state index in [4.69, 9.17) is 24.2 Å². The molecule has 1 fully saturated rings. The van der Waals surface area contributed by atoms with Gasteiger partial charge in [0.25, 0.3) is 0 Å². The van der Waals surface area contributed by atoms with Crippen LogP contribution in [0.3, 0.4) is 0 Å². The van der Waals surface area contributed by atoms with Gasteiger partial charge in [0.15, 0.2) is 17.3 Å². The van der Waals surface area contributed by atoms with Gasteiger partial charge < -0.3 is 19.1 Å². The summed E-state index contributed by atoms with van der Waals surface area (Å²) in [5, 5.41) is 5.20. The zero-order valence-electron chi connectivity index (χ0n) is 17.4. The molecule has 2 aromatic carbocycles. The normalized spacial score (nSPS) is 14.3. The molecular weight excluding hydrogens is 382 g/mol. The number of aryl methyl sites for hydroxylation is 1. The lowest BCUT2D eigenvalue weighted by molar-refractivity contribution is 0.122. The van der Waals surface area contributed by atoms with E-state index in [2.05, 4.69) is 34.5 Å². The predicted octanol–water partition coefficient (Wildman–Crippen LogP) is 3.24. The second kappa shape index (κ2) is 8.96. The fourth-order valence-corrected chi connectivity index (χ4v) is 3.35. The molecular formula is C22H25N5O3. The van der Waals surface area contributed by atoms with Gasteiger partial charge in [-0.25, -0.2) is 4.98 Å². The zero-order chi connectivity index (χ0) is 20.9. The quantitative estimate of drug-likeness (QED) is 0.496. The van der Waals surface area contributed by atoms with Crippen LogP contribution in [-0.4, -0.2) is 56.7 Å². The summed E-state index contributed by atoms with van der Waals surface area (Å²) in [6, 6.07) is 11.8. The number of hydrogen-bond acceptors (Lipinski definition) is 8. The van der Waals surface area contributed by atoms with Crippen molar-refractivity contribution in [1.29, 1.82) is 0 Å². The fraction of sp³-hybridized carbons (Fsp3) is 0.318. The molecule has 1 aromatic heterocycles. The molecule has 1 aliphatic rings. The highest BCUT2D eigenvalue weighted by Crippen LogP contribution is 2.35. The van der Waals surface area contributed by atoms with E-state index in [9.17, 15) is 0 Å². The molecule has 1 aliphatic heterocycles. The van der Waals surface area contributed by atoms with Gasteiger partial charge in [0, 0.05) is 24.5 Å². The standard InChI is InChI=1S/C22H25N5O3/c1-15-5-4-6-16(11-15)14-23-26-21-17-12-19(28-2)20(29-3)13-18(17)24-22(25-21)27-7-9-30-10-8-27/h4-6,11-14H,7-10H2,1-3H3,(H,24,25,26)/b23-14+. The molecule has 8 heteroatoms. The van der Waals surface area contributed by atoms with Crippen LogP contribution >= 0.6 is 0 Å². The van der Waals surface area contributed by atoms with Crippen molar-refractivity contribution in [2.24, 2.45) is 5.10 Å². The maximum absolute atomic E-state index is 5.46. The lowest BCUT2D eigenvalue weighted by atomic mass is 10.2. The van der Waals surface area contributed by atoms with Gasteiger partial charge in [0.2, 0.25) is 5.95 Å². The van der Waals surface area contributed by atoms with E-state index in [-0.39, 0.29) is 0 Å². The number of methoxy groups -OCH3 is 2. The van der Waals surface area contributed by atoms with E-state index in [1.54, 1.807) is 20.4 Å². The number of nitrogens with one attached hydrogen (secondary N) is 1. The molecule has 2 heterocycles. The summed E-state index contributed by atoms with van der Waals surface area (Å²) in [6.07, 6.45) is 1.77. The Morgan fingerprint density at radius 2 is 1.83 bits per heavy atom. The third-order valence-electron chi connectivity index (χ3n) is 4.91. The molecule has 0 atom stereocenters. The Bertz CT molecular complexity index is 1060. The van der Waals surface area contributed by atoms with Crippen molar-refractivity contribution in [2.45, 2.75) is 6.92 Å². The number of morpholine rings is 1. The third kappa shape index (κ3) is 4.28. The summed E-state index contributed by atoms with van der Waals surface area (Å²) in [7, 11) is 3.22. The van der Waals surface area contributed by atoms with Gasteiger partial charge in [-0.1, -0.05) is 29.8 Å². The van der Waals surface area contributed by atoms with Crippen LogP contribution in [0, 0.1) is 6.92 Å². The van der Waals surface area contributed by atoms with Gasteiger partial charge in [0.1, 0.15) is 0 Å². The highest BCUT2D eigenvalue weighted by molar-refractivity contribution is 5.93. The fourth-order valence-electron chi connectivity index (χ4n) is 3.35. The predicted molar refractivity (Wildman–Crippen MR) is 118 cm³/mol. The smallest absolute Gasteiger partial charge is 0.228 e. The first-order valence-corrected chi connectivity index (χ1v) is 9.80. The van der Waals surface area contributed by atoms with Gasteiger partial charge in [0.05, 0.1) is 39.2 Å². The number of benzene rings is 2. The van der Waals surface area contributed by atoms with Crippen molar-refractivity contribution in [3.05, 3.63) is 47.5 Å². The molecule has 0 saturated carbocycles. The van der Waals surface area contributed by atoms with Crippen molar-refractivity contribution in [2.75, 3.05) is 50.8 Å². The number of anilines is 2. The molecule has 3 aromatic rings. The van der Waals surface area contributed by atoms with Gasteiger partial charge in [-0.15, -0.1) is 0 Å². The average Bonchev–Trinajstić information content (AvgIpc) is 2.78. The number of ether oxygens (including phenoxy) is 3. The highest BCUT2D eigenvalue weighted by Gasteiger charge is 2.18. The van der Waals surface area contributed by atoms with Gasteiger partial charge >= 0.3 is 0 Å². The summed E-state index contributed by atoms with van der Waals surface area (Å²) in [5.74, 6) is 2.46. The lowest BCUT2D eigenvalue weighted by Crippen LogP contribution is -2.37. The molecule has 1 N–H and O–H groups in total. The molecule has 0 unspecified atom stereocenters. The van der Waals surface area contributed by atoms with Crippen molar-refractivity contribution < 1.29 is 14.2 Å². The Morgan fingerprint density at radius 3 is 2.57 bits per heavy atom. The number of nitrogens with zero attached hydrogens (tertiary/aromatic N) is 4. The van der Waals surface area contributed by atoms with Crippen LogP contribution in [0.1, 0.15) is 11.1 Å². The van der Waals surface area contributed by atoms with Crippen LogP contribution in [0.2, 0.25) is 0 Å². The molecule has 0 radical (unpaired) electrons. The molecule has 4 rings (SSSR count). The SMILES string of the molecule is COc1cc2nc(N3CCOCC3)nc(N/N=C/c3cccc(C)c3)c2cc1OC. The summed E-state index contributed by atoms with van der Waals surface area (Å²) in [4.78, 5) is 11.6. The van der Waals surface area contributed by atoms with Crippen LogP contribution in [0.15, 0.2) is 41.5 Å². The minimum absolute atomic E-state index is 0.603. The summed E-state index contributed by atoms with van der Waals surface area (Å²) in [6.45, 7) is 4.84. The number of fused-ring (bicyclic) bond motifs is 1. The largest absolute Gasteiger partial charge is 0.493 e. The second-order valence-electron chi connectivity index (χ2n) is 6.98. The summed E-state index contributed by atoms with van der Waals surface area (Å²) < 4.78 is 16.4. The van der Waals surface area contributed by atoms with E-state index in [1.807, 2.05) is 24.3 Å². The first-order chi connectivity index (χ1) is 14.7. The molecule has 156 valence electrons. The number of aromatic nitrogens is 2. The van der Waals surface area contributed by atoms with E-state index in [1.165, 1.54) is 5.56 Å². The van der Waals surface area contributed by atoms with Crippen LogP contribution < -0.4 is 19.8 Å². The van der Waals surface area contributed by atoms with Crippen molar-refractivity contribution in [3.63, 3.8) is 0 Å². The maximum Gasteiger partial charge on any atom is 0.228 e. The Morgan fingerprint density at radius 1 is 1.07 bits per heavy atom. The van der Waals surface area contributed by atoms with Crippen LogP contribution in [0.4, 0.5) is 11.8 Å². The third-order valence-corrected chi connectivity index (χ3v) is 4.91. The van der Waals surface area contributed by atoms with Gasteiger partial charge in [-0.05, 0) is 18.6 Å². The molecule has 0 bridgehead atoms. The second-order valence-corrected chi connectivity index (χ2v) is 6.98. The summed E-state index contributed by atoms with van der Waals surface area (Å²) >= 11 is 0.